The first-order chi connectivity index (χ1) is 13.3. The summed E-state index contributed by atoms with van der Waals surface area (Å²) < 4.78 is 39.3. The Bertz CT molecular complexity index is 1080. The third-order valence-corrected chi connectivity index (χ3v) is 4.44. The topological polar surface area (TPSA) is 88.9 Å². The molecule has 0 atom stereocenters. The second kappa shape index (κ2) is 7.89. The molecule has 0 aliphatic heterocycles. The van der Waals surface area contributed by atoms with Crippen LogP contribution in [0.15, 0.2) is 52.4 Å². The minimum atomic E-state index is -4.58. The summed E-state index contributed by atoms with van der Waals surface area (Å²) in [6, 6.07) is 9.27. The number of halogens is 3. The normalized spacial score (nSPS) is 11.4. The Hall–Kier alpha value is -3.08. The van der Waals surface area contributed by atoms with Gasteiger partial charge in [-0.15, -0.1) is 0 Å². The molecular formula is C17H14F3N5O2S. The fraction of sp³-hybridized carbons (Fsp3) is 0.176. The molecule has 0 bridgehead atoms. The van der Waals surface area contributed by atoms with Crippen molar-refractivity contribution >= 4 is 34.5 Å². The number of alkyl halides is 3. The number of carbonyl (C=O) groups excluding carboxylic acids is 1. The van der Waals surface area contributed by atoms with Gasteiger partial charge in [0.15, 0.2) is 0 Å². The van der Waals surface area contributed by atoms with Gasteiger partial charge in [0.2, 0.25) is 5.95 Å². The van der Waals surface area contributed by atoms with E-state index in [9.17, 15) is 22.8 Å². The van der Waals surface area contributed by atoms with Crippen LogP contribution in [0.3, 0.4) is 0 Å². The SMILES string of the molecule is CCn1c(NNC(=O)c2cccnc2SC(F)(F)F)nc2ccccc2c1=O. The number of anilines is 1. The fourth-order valence-corrected chi connectivity index (χ4v) is 3.09. The summed E-state index contributed by atoms with van der Waals surface area (Å²) in [7, 11) is 0. The number of pyridine rings is 1. The molecule has 0 saturated heterocycles. The molecule has 0 aliphatic rings. The predicted octanol–water partition coefficient (Wildman–Crippen LogP) is 3.18. The van der Waals surface area contributed by atoms with E-state index in [0.717, 1.165) is 6.20 Å². The number of aromatic nitrogens is 3. The molecule has 0 radical (unpaired) electrons. The van der Waals surface area contributed by atoms with E-state index >= 15 is 0 Å². The summed E-state index contributed by atoms with van der Waals surface area (Å²) in [5, 5.41) is -0.0639. The zero-order chi connectivity index (χ0) is 20.3. The Kier molecular flexibility index (Phi) is 5.54. The number of benzene rings is 1. The zero-order valence-corrected chi connectivity index (χ0v) is 15.3. The number of hydrogen-bond acceptors (Lipinski definition) is 6. The van der Waals surface area contributed by atoms with Gasteiger partial charge in [-0.2, -0.15) is 13.2 Å². The highest BCUT2D eigenvalue weighted by Gasteiger charge is 2.32. The van der Waals surface area contributed by atoms with E-state index in [4.69, 9.17) is 0 Å². The molecule has 11 heteroatoms. The van der Waals surface area contributed by atoms with Gasteiger partial charge >= 0.3 is 5.51 Å². The van der Waals surface area contributed by atoms with Crippen LogP contribution in [0, 0.1) is 0 Å². The second-order valence-corrected chi connectivity index (χ2v) is 6.54. The van der Waals surface area contributed by atoms with Crippen LogP contribution >= 0.6 is 11.8 Å². The lowest BCUT2D eigenvalue weighted by Gasteiger charge is -2.15. The molecule has 2 aromatic heterocycles. The highest BCUT2D eigenvalue weighted by molar-refractivity contribution is 8.00. The number of carbonyl (C=O) groups is 1. The average Bonchev–Trinajstić information content (AvgIpc) is 2.65. The number of para-hydroxylation sites is 1. The third kappa shape index (κ3) is 4.25. The number of rotatable bonds is 5. The van der Waals surface area contributed by atoms with Crippen molar-refractivity contribution in [3.63, 3.8) is 0 Å². The predicted molar refractivity (Wildman–Crippen MR) is 98.9 cm³/mol. The quantitative estimate of drug-likeness (QED) is 0.497. The van der Waals surface area contributed by atoms with Crippen LogP contribution in [0.5, 0.6) is 0 Å². The number of amides is 1. The van der Waals surface area contributed by atoms with E-state index in [-0.39, 0.29) is 23.6 Å². The molecule has 2 heterocycles. The van der Waals surface area contributed by atoms with Gasteiger partial charge in [-0.3, -0.25) is 25.0 Å². The molecule has 28 heavy (non-hydrogen) atoms. The molecule has 2 N–H and O–H groups in total. The zero-order valence-electron chi connectivity index (χ0n) is 14.4. The molecule has 7 nitrogen and oxygen atoms in total. The third-order valence-electron chi connectivity index (χ3n) is 3.69. The minimum absolute atomic E-state index is 0.0634. The van der Waals surface area contributed by atoms with E-state index in [1.807, 2.05) is 0 Å². The molecule has 3 aromatic rings. The molecule has 0 aliphatic carbocycles. The molecule has 1 aromatic carbocycles. The number of hydrogen-bond donors (Lipinski definition) is 2. The van der Waals surface area contributed by atoms with Crippen LogP contribution < -0.4 is 16.4 Å². The van der Waals surface area contributed by atoms with Crippen LogP contribution in [0.1, 0.15) is 17.3 Å². The first-order valence-corrected chi connectivity index (χ1v) is 8.88. The summed E-state index contributed by atoms with van der Waals surface area (Å²) in [5.41, 5.74) is 0.0652. The number of nitrogens with zero attached hydrogens (tertiary/aromatic N) is 3. The van der Waals surface area contributed by atoms with E-state index < -0.39 is 28.2 Å². The van der Waals surface area contributed by atoms with Crippen molar-refractivity contribution in [1.82, 2.24) is 20.0 Å². The van der Waals surface area contributed by atoms with Crippen molar-refractivity contribution < 1.29 is 18.0 Å². The monoisotopic (exact) mass is 409 g/mol. The van der Waals surface area contributed by atoms with Crippen molar-refractivity contribution in [3.05, 3.63) is 58.5 Å². The Morgan fingerprint density at radius 1 is 1.21 bits per heavy atom. The summed E-state index contributed by atoms with van der Waals surface area (Å²) in [6.45, 7) is 2.00. The standard InChI is InChI=1S/C17H14F3N5O2S/c1-2-25-15(27)10-6-3-4-8-12(10)22-16(25)24-23-13(26)11-7-5-9-21-14(11)28-17(18,19)20/h3-9H,2H2,1H3,(H,22,24)(H,23,26). The van der Waals surface area contributed by atoms with Gasteiger partial charge in [0.1, 0.15) is 5.03 Å². The van der Waals surface area contributed by atoms with Crippen LogP contribution in [0.4, 0.5) is 19.1 Å². The Morgan fingerprint density at radius 3 is 2.68 bits per heavy atom. The van der Waals surface area contributed by atoms with E-state index in [1.54, 1.807) is 31.2 Å². The fourth-order valence-electron chi connectivity index (χ4n) is 2.49. The minimum Gasteiger partial charge on any atom is -0.277 e. The first kappa shape index (κ1) is 19.7. The molecule has 0 saturated carbocycles. The van der Waals surface area contributed by atoms with Gasteiger partial charge in [0.05, 0.1) is 16.5 Å². The van der Waals surface area contributed by atoms with E-state index in [1.165, 1.54) is 16.7 Å². The highest BCUT2D eigenvalue weighted by atomic mass is 32.2. The van der Waals surface area contributed by atoms with Crippen molar-refractivity contribution in [2.24, 2.45) is 0 Å². The number of thioether (sulfide) groups is 1. The number of fused-ring (bicyclic) bond motifs is 1. The van der Waals surface area contributed by atoms with Crippen molar-refractivity contribution in [3.8, 4) is 0 Å². The van der Waals surface area contributed by atoms with Crippen LogP contribution in [-0.4, -0.2) is 26.0 Å². The van der Waals surface area contributed by atoms with Gasteiger partial charge in [-0.05, 0) is 31.2 Å². The van der Waals surface area contributed by atoms with Crippen LogP contribution in [0.25, 0.3) is 10.9 Å². The molecule has 3 rings (SSSR count). The van der Waals surface area contributed by atoms with Crippen LogP contribution in [-0.2, 0) is 6.54 Å². The number of nitrogens with one attached hydrogen (secondary N) is 2. The summed E-state index contributed by atoms with van der Waals surface area (Å²) in [5.74, 6) is -0.779. The highest BCUT2D eigenvalue weighted by Crippen LogP contribution is 2.37. The van der Waals surface area contributed by atoms with Crippen molar-refractivity contribution in [2.45, 2.75) is 24.0 Å². The molecule has 1 amide bonds. The Morgan fingerprint density at radius 2 is 1.96 bits per heavy atom. The molecule has 0 fully saturated rings. The smallest absolute Gasteiger partial charge is 0.277 e. The van der Waals surface area contributed by atoms with Gasteiger partial charge in [-0.25, -0.2) is 9.97 Å². The van der Waals surface area contributed by atoms with Gasteiger partial charge in [0.25, 0.3) is 11.5 Å². The van der Waals surface area contributed by atoms with Crippen molar-refractivity contribution in [1.29, 1.82) is 0 Å². The van der Waals surface area contributed by atoms with Gasteiger partial charge in [0, 0.05) is 24.5 Å². The Labute approximate surface area is 161 Å². The molecule has 0 unspecified atom stereocenters. The van der Waals surface area contributed by atoms with E-state index in [2.05, 4.69) is 20.8 Å². The largest absolute Gasteiger partial charge is 0.447 e. The molecular weight excluding hydrogens is 395 g/mol. The molecule has 146 valence electrons. The Balaban J connectivity index is 1.87. The number of hydrazine groups is 1. The summed E-state index contributed by atoms with van der Waals surface area (Å²) >= 11 is -0.481. The average molecular weight is 409 g/mol. The van der Waals surface area contributed by atoms with Crippen LogP contribution in [0.2, 0.25) is 0 Å². The lowest BCUT2D eigenvalue weighted by molar-refractivity contribution is -0.0329. The maximum absolute atomic E-state index is 12.7. The van der Waals surface area contributed by atoms with Crippen molar-refractivity contribution in [2.75, 3.05) is 5.43 Å². The lowest BCUT2D eigenvalue weighted by atomic mass is 10.2. The maximum atomic E-state index is 12.7. The van der Waals surface area contributed by atoms with Gasteiger partial charge < -0.3 is 0 Å². The van der Waals surface area contributed by atoms with E-state index in [0.29, 0.717) is 10.9 Å². The summed E-state index contributed by atoms with van der Waals surface area (Å²) in [4.78, 5) is 32.8. The van der Waals surface area contributed by atoms with Gasteiger partial charge in [-0.1, -0.05) is 12.1 Å². The molecule has 0 spiro atoms. The second-order valence-electron chi connectivity index (χ2n) is 5.49. The summed E-state index contributed by atoms with van der Waals surface area (Å²) in [6.07, 6.45) is 1.16. The maximum Gasteiger partial charge on any atom is 0.447 e. The first-order valence-electron chi connectivity index (χ1n) is 8.07. The lowest BCUT2D eigenvalue weighted by Crippen LogP contribution is -2.34.